The summed E-state index contributed by atoms with van der Waals surface area (Å²) in [4.78, 5) is 12.6. The van der Waals surface area contributed by atoms with E-state index in [-0.39, 0.29) is 5.57 Å². The fourth-order valence-corrected chi connectivity index (χ4v) is 3.24. The number of nitrogens with zero attached hydrogens (tertiary/aromatic N) is 3. The van der Waals surface area contributed by atoms with Gasteiger partial charge in [0.1, 0.15) is 22.5 Å². The van der Waals surface area contributed by atoms with Crippen LogP contribution in [0.5, 0.6) is 5.75 Å². The number of methoxy groups -OCH3 is 1. The van der Waals surface area contributed by atoms with E-state index in [0.717, 1.165) is 5.56 Å². The Hall–Kier alpha value is -3.27. The number of nitrogens with one attached hydrogen (secondary N) is 1. The van der Waals surface area contributed by atoms with Crippen molar-refractivity contribution in [3.05, 3.63) is 81.1 Å². The molecule has 0 aliphatic heterocycles. The molecular weight excluding hydrogens is 423 g/mol. The van der Waals surface area contributed by atoms with Crippen molar-refractivity contribution >= 4 is 40.9 Å². The van der Waals surface area contributed by atoms with Gasteiger partial charge in [0.2, 0.25) is 0 Å². The lowest BCUT2D eigenvalue weighted by Crippen LogP contribution is -2.14. The van der Waals surface area contributed by atoms with Crippen LogP contribution in [0.2, 0.25) is 10.2 Å². The molecule has 6 nitrogen and oxygen atoms in total. The number of hydrogen-bond donors (Lipinski definition) is 1. The van der Waals surface area contributed by atoms with Crippen LogP contribution in [-0.2, 0) is 11.3 Å². The van der Waals surface area contributed by atoms with Crippen LogP contribution < -0.4 is 10.1 Å². The first-order chi connectivity index (χ1) is 14.4. The molecule has 1 aromatic heterocycles. The number of aryl methyl sites for hydroxylation is 1. The van der Waals surface area contributed by atoms with Crippen LogP contribution in [-0.4, -0.2) is 22.8 Å². The van der Waals surface area contributed by atoms with Crippen molar-refractivity contribution < 1.29 is 9.53 Å². The first-order valence-corrected chi connectivity index (χ1v) is 9.72. The molecule has 0 fully saturated rings. The van der Waals surface area contributed by atoms with E-state index >= 15 is 0 Å². The molecule has 0 bridgehead atoms. The molecule has 3 rings (SSSR count). The van der Waals surface area contributed by atoms with E-state index in [0.29, 0.717) is 39.4 Å². The second-order valence-corrected chi connectivity index (χ2v) is 7.19. The highest BCUT2D eigenvalue weighted by Crippen LogP contribution is 2.26. The van der Waals surface area contributed by atoms with E-state index in [9.17, 15) is 10.1 Å². The van der Waals surface area contributed by atoms with Gasteiger partial charge in [-0.25, -0.2) is 4.68 Å². The average molecular weight is 441 g/mol. The van der Waals surface area contributed by atoms with E-state index < -0.39 is 5.91 Å². The first-order valence-electron chi connectivity index (χ1n) is 8.96. The second kappa shape index (κ2) is 9.49. The molecule has 0 unspecified atom stereocenters. The van der Waals surface area contributed by atoms with Crippen LogP contribution in [0.15, 0.2) is 54.1 Å². The number of rotatable bonds is 6. The number of anilines is 1. The van der Waals surface area contributed by atoms with E-state index in [4.69, 9.17) is 27.9 Å². The van der Waals surface area contributed by atoms with Gasteiger partial charge in [-0.3, -0.25) is 4.79 Å². The fraction of sp³-hybridized carbons (Fsp3) is 0.136. The third-order valence-electron chi connectivity index (χ3n) is 4.36. The predicted octanol–water partition coefficient (Wildman–Crippen LogP) is 5.10. The van der Waals surface area contributed by atoms with E-state index in [1.54, 1.807) is 48.0 Å². The fourth-order valence-electron chi connectivity index (χ4n) is 2.83. The van der Waals surface area contributed by atoms with Gasteiger partial charge in [-0.1, -0.05) is 47.5 Å². The monoisotopic (exact) mass is 440 g/mol. The molecule has 1 amide bonds. The number of para-hydroxylation sites is 2. The largest absolute Gasteiger partial charge is 0.495 e. The zero-order chi connectivity index (χ0) is 21.7. The molecule has 0 saturated heterocycles. The molecule has 3 aromatic rings. The number of hydrogen-bond acceptors (Lipinski definition) is 4. The molecule has 0 radical (unpaired) electrons. The highest BCUT2D eigenvalue weighted by atomic mass is 35.5. The van der Waals surface area contributed by atoms with Crippen molar-refractivity contribution in [1.82, 2.24) is 9.78 Å². The molecule has 0 spiro atoms. The second-order valence-electron chi connectivity index (χ2n) is 6.40. The van der Waals surface area contributed by atoms with Gasteiger partial charge < -0.3 is 10.1 Å². The van der Waals surface area contributed by atoms with Crippen LogP contribution in [0.1, 0.15) is 16.8 Å². The Labute approximate surface area is 184 Å². The topological polar surface area (TPSA) is 79.9 Å². The van der Waals surface area contributed by atoms with Crippen LogP contribution in [0.4, 0.5) is 5.69 Å². The number of aromatic nitrogens is 2. The standard InChI is InChI=1S/C22H18Cl2N4O2/c1-14-18(21(24)28(27-14)13-15-7-9-17(23)10-8-15)11-16(12-25)22(29)26-19-5-3-4-6-20(19)30-2/h3-11H,13H2,1-2H3,(H,26,29)/b16-11-. The summed E-state index contributed by atoms with van der Waals surface area (Å²) in [5.41, 5.74) is 2.45. The normalized spacial score (nSPS) is 11.1. The van der Waals surface area contributed by atoms with Gasteiger partial charge in [0.25, 0.3) is 5.91 Å². The summed E-state index contributed by atoms with van der Waals surface area (Å²) in [5.74, 6) is -0.0731. The average Bonchev–Trinajstić information content (AvgIpc) is 3.00. The highest BCUT2D eigenvalue weighted by molar-refractivity contribution is 6.31. The minimum atomic E-state index is -0.567. The molecule has 152 valence electrons. The summed E-state index contributed by atoms with van der Waals surface area (Å²) >= 11 is 12.4. The van der Waals surface area contributed by atoms with Gasteiger partial charge >= 0.3 is 0 Å². The van der Waals surface area contributed by atoms with Crippen molar-refractivity contribution in [1.29, 1.82) is 5.26 Å². The maximum Gasteiger partial charge on any atom is 0.266 e. The summed E-state index contributed by atoms with van der Waals surface area (Å²) in [6, 6.07) is 16.2. The zero-order valence-corrected chi connectivity index (χ0v) is 17.8. The number of nitriles is 1. The molecule has 1 heterocycles. The lowest BCUT2D eigenvalue weighted by molar-refractivity contribution is -0.112. The summed E-state index contributed by atoms with van der Waals surface area (Å²) in [7, 11) is 1.50. The zero-order valence-electron chi connectivity index (χ0n) is 16.3. The molecule has 0 atom stereocenters. The third kappa shape index (κ3) is 4.82. The molecular formula is C22H18Cl2N4O2. The van der Waals surface area contributed by atoms with Gasteiger partial charge in [-0.05, 0) is 42.8 Å². The Morgan fingerprint density at radius 3 is 2.60 bits per heavy atom. The minimum Gasteiger partial charge on any atom is -0.495 e. The maximum absolute atomic E-state index is 12.6. The molecule has 8 heteroatoms. The van der Waals surface area contributed by atoms with Crippen LogP contribution >= 0.6 is 23.2 Å². The Bertz CT molecular complexity index is 1140. The van der Waals surface area contributed by atoms with Crippen molar-refractivity contribution in [3.8, 4) is 11.8 Å². The molecule has 1 N–H and O–H groups in total. The number of benzene rings is 2. The van der Waals surface area contributed by atoms with E-state index in [1.807, 2.05) is 18.2 Å². The highest BCUT2D eigenvalue weighted by Gasteiger charge is 2.17. The summed E-state index contributed by atoms with van der Waals surface area (Å²) in [6.07, 6.45) is 1.44. The first kappa shape index (κ1) is 21.4. The van der Waals surface area contributed by atoms with Crippen LogP contribution in [0.3, 0.4) is 0 Å². The van der Waals surface area contributed by atoms with Gasteiger partial charge in [0, 0.05) is 10.6 Å². The Morgan fingerprint density at radius 2 is 1.93 bits per heavy atom. The van der Waals surface area contributed by atoms with E-state index in [1.165, 1.54) is 13.2 Å². The molecule has 0 aliphatic carbocycles. The smallest absolute Gasteiger partial charge is 0.266 e. The number of carbonyl (C=O) groups is 1. The third-order valence-corrected chi connectivity index (χ3v) is 5.01. The Balaban J connectivity index is 1.86. The number of halogens is 2. The SMILES string of the molecule is COc1ccccc1NC(=O)/C(C#N)=C\c1c(C)nn(Cc2ccc(Cl)cc2)c1Cl. The van der Waals surface area contributed by atoms with Gasteiger partial charge in [-0.15, -0.1) is 0 Å². The van der Waals surface area contributed by atoms with Crippen molar-refractivity contribution in [3.63, 3.8) is 0 Å². The van der Waals surface area contributed by atoms with Crippen LogP contribution in [0, 0.1) is 18.3 Å². The Kier molecular flexibility index (Phi) is 6.78. The van der Waals surface area contributed by atoms with Gasteiger partial charge in [-0.2, -0.15) is 10.4 Å². The maximum atomic E-state index is 12.6. The molecule has 2 aromatic carbocycles. The number of ether oxygens (including phenoxy) is 1. The molecule has 30 heavy (non-hydrogen) atoms. The van der Waals surface area contributed by atoms with Crippen LogP contribution in [0.25, 0.3) is 6.08 Å². The van der Waals surface area contributed by atoms with Crippen molar-refractivity contribution in [2.24, 2.45) is 0 Å². The lowest BCUT2D eigenvalue weighted by atomic mass is 10.1. The van der Waals surface area contributed by atoms with Gasteiger partial charge in [0.05, 0.1) is 25.0 Å². The van der Waals surface area contributed by atoms with E-state index in [2.05, 4.69) is 10.4 Å². The Morgan fingerprint density at radius 1 is 1.23 bits per heavy atom. The predicted molar refractivity (Wildman–Crippen MR) is 118 cm³/mol. The number of carbonyl (C=O) groups excluding carboxylic acids is 1. The summed E-state index contributed by atoms with van der Waals surface area (Å²) in [6.45, 7) is 2.20. The quantitative estimate of drug-likeness (QED) is 0.426. The summed E-state index contributed by atoms with van der Waals surface area (Å²) in [5, 5.41) is 17.6. The van der Waals surface area contributed by atoms with Gasteiger partial charge in [0.15, 0.2) is 0 Å². The van der Waals surface area contributed by atoms with Crippen molar-refractivity contribution in [2.75, 3.05) is 12.4 Å². The summed E-state index contributed by atoms with van der Waals surface area (Å²) < 4.78 is 6.83. The lowest BCUT2D eigenvalue weighted by Gasteiger charge is -2.09. The van der Waals surface area contributed by atoms with Crippen molar-refractivity contribution in [2.45, 2.75) is 13.5 Å². The molecule has 0 saturated carbocycles. The minimum absolute atomic E-state index is 0.100. The number of amides is 1. The molecule has 0 aliphatic rings.